The van der Waals surface area contributed by atoms with Gasteiger partial charge in [-0.05, 0) is 215 Å². The van der Waals surface area contributed by atoms with Crippen LogP contribution in [-0.4, -0.2) is 201 Å². The molecule has 19 nitrogen and oxygen atoms in total. The second-order valence-corrected chi connectivity index (χ2v) is 47.4. The maximum Gasteiger partial charge on any atom is 0.643 e. The number of anilines is 1. The number of carbonyl (C=O) groups is 3. The third-order valence-electron chi connectivity index (χ3n) is 19.4. The average Bonchev–Trinajstić information content (AvgIpc) is 1.63. The minimum absolute atomic E-state index is 0. The van der Waals surface area contributed by atoms with E-state index in [1.807, 2.05) is 105 Å². The van der Waals surface area contributed by atoms with E-state index in [9.17, 15) is 95.7 Å². The molecule has 817 valence electrons. The number of carbonyl (C=O) groups excluding carboxylic acids is 2. The first kappa shape index (κ1) is 146. The Bertz CT molecular complexity index is 5300. The first-order valence-electron chi connectivity index (χ1n) is 45.1. The molecular formula is C102H132AlBBrCl8F14N9O10P. The molecule has 7 N–H and O–H groups in total. The third kappa shape index (κ3) is 65.9. The van der Waals surface area contributed by atoms with Gasteiger partial charge in [0.15, 0.2) is 5.78 Å². The number of carboxylic acids is 1. The molecule has 0 amide bonds. The Hall–Kier alpha value is -6.91. The monoisotopic (exact) mass is 2340 g/mol. The van der Waals surface area contributed by atoms with E-state index in [0.29, 0.717) is 76.5 Å². The van der Waals surface area contributed by atoms with Gasteiger partial charge in [-0.3, -0.25) is 38.1 Å². The van der Waals surface area contributed by atoms with E-state index in [4.69, 9.17) is 116 Å². The molecule has 7 atom stereocenters. The highest BCUT2D eigenvalue weighted by Crippen LogP contribution is 2.53. The lowest BCUT2D eigenvalue weighted by atomic mass is 9.88. The number of halogens is 23. The van der Waals surface area contributed by atoms with Gasteiger partial charge in [0.25, 0.3) is 0 Å². The van der Waals surface area contributed by atoms with Gasteiger partial charge in [-0.1, -0.05) is 70.5 Å². The third-order valence-corrected chi connectivity index (χ3v) is 22.6. The number of para-hydroxylation sites is 1. The summed E-state index contributed by atoms with van der Waals surface area (Å²) >= 11 is 26.6. The number of aliphatic hydroxyl groups excluding tert-OH is 3. The van der Waals surface area contributed by atoms with Crippen molar-refractivity contribution in [1.82, 2.24) is 20.0 Å². The van der Waals surface area contributed by atoms with E-state index < -0.39 is 147 Å². The number of carboxylic acid groups (broad SMARTS) is 1. The normalized spacial score (nSPS) is 14.6. The number of alkyl halides is 4. The van der Waals surface area contributed by atoms with Crippen LogP contribution >= 0.6 is 111 Å². The Labute approximate surface area is 908 Å². The Morgan fingerprint density at radius 3 is 1.21 bits per heavy atom. The number of aliphatic hydroxyl groups is 3. The lowest BCUT2D eigenvalue weighted by Crippen LogP contribution is -2.44. The molecule has 2 heterocycles. The molecule has 1 unspecified atom stereocenters. The summed E-state index contributed by atoms with van der Waals surface area (Å²) in [4.78, 5) is 43.8. The number of nitrogens with zero attached hydrogens (tertiary/aromatic N) is 7. The molecular weight excluding hydrogens is 2210 g/mol. The minimum atomic E-state index is -3.22. The lowest BCUT2D eigenvalue weighted by molar-refractivity contribution is -0.141. The largest absolute Gasteiger partial charge is 0.643 e. The van der Waals surface area contributed by atoms with Crippen molar-refractivity contribution >= 4 is 153 Å². The van der Waals surface area contributed by atoms with Crippen LogP contribution in [0, 0.1) is 117 Å². The van der Waals surface area contributed by atoms with Crippen LogP contribution in [-0.2, 0) is 23.2 Å². The van der Waals surface area contributed by atoms with Crippen LogP contribution < -0.4 is 16.0 Å². The zero-order chi connectivity index (χ0) is 113. The molecule has 0 aromatic heterocycles. The van der Waals surface area contributed by atoms with Crippen LogP contribution in [0.5, 0.6) is 0 Å². The molecule has 0 spiro atoms. The number of likely N-dealkylation sites (tertiary alicyclic amines) is 2. The zero-order valence-electron chi connectivity index (χ0n) is 85.4. The van der Waals surface area contributed by atoms with Gasteiger partial charge in [-0.15, -0.1) is 34.8 Å². The number of nitrogens with one attached hydrogen (secondary N) is 1. The summed E-state index contributed by atoms with van der Waals surface area (Å²) in [5, 5.41) is 58.1. The average molecular weight is 2340 g/mol. The van der Waals surface area contributed by atoms with Gasteiger partial charge in [0.05, 0.1) is 85.2 Å². The Morgan fingerprint density at radius 1 is 0.544 bits per heavy atom. The van der Waals surface area contributed by atoms with Gasteiger partial charge in [-0.25, -0.2) is 103 Å². The predicted molar refractivity (Wildman–Crippen MR) is 569 cm³/mol. The molecule has 45 heteroatoms. The van der Waals surface area contributed by atoms with Gasteiger partial charge in [0.2, 0.25) is 11.3 Å². The van der Waals surface area contributed by atoms with Crippen molar-refractivity contribution in [3.8, 4) is 12.1 Å². The van der Waals surface area contributed by atoms with Crippen LogP contribution in [0.25, 0.3) is 4.85 Å². The van der Waals surface area contributed by atoms with Gasteiger partial charge in [0.1, 0.15) is 81.4 Å². The van der Waals surface area contributed by atoms with Crippen molar-refractivity contribution in [1.29, 1.82) is 10.5 Å². The molecule has 2 saturated heterocycles. The van der Waals surface area contributed by atoms with E-state index in [-0.39, 0.29) is 107 Å². The van der Waals surface area contributed by atoms with Crippen molar-refractivity contribution in [2.24, 2.45) is 11.7 Å². The quantitative estimate of drug-likeness (QED) is 0.00624. The Kier molecular flexibility index (Phi) is 75.4. The summed E-state index contributed by atoms with van der Waals surface area (Å²) < 4.78 is 200. The van der Waals surface area contributed by atoms with E-state index in [1.54, 1.807) is 13.8 Å². The van der Waals surface area contributed by atoms with E-state index in [1.165, 1.54) is 66.4 Å². The van der Waals surface area contributed by atoms with Crippen molar-refractivity contribution in [2.75, 3.05) is 100.0 Å². The minimum Gasteiger partial charge on any atom is -0.481 e. The van der Waals surface area contributed by atoms with Gasteiger partial charge < -0.3 is 41.2 Å². The number of aliphatic carboxylic acids is 1. The number of hydrogen-bond donors (Lipinski definition) is 6. The van der Waals surface area contributed by atoms with Crippen LogP contribution in [0.15, 0.2) is 164 Å². The van der Waals surface area contributed by atoms with Gasteiger partial charge in [-0.2, -0.15) is 10.5 Å². The SMILES string of the molecule is CC(C)(C)N.CC(C)(C)N(CCC#N)C[C@@H](O)c1ccc(F)cc1F.CC(C)(C)N1C[C@@H](C(=O)O)[C@H](c2ccc(F)cc2F)C1.CC(C)(C)NC[C@@H](O)c1ccc(F)cc1F.CCN(CC)c1ccccc1.CCOP(=O)(Cl)OCC.Fc1cccc(F)c1.N#CCCBr.O=C(CCl)c1ccc(F)cc1F.O=C(Cl)CCl.O[C@H](CCl)c1ccc(F)cc1F.[B].[C-]#[N+]C1CN(C(C)(C)C)C[C@H]1c1ccc(F)cc1F.[Cl][Al]([Cl])[Cl]. The molecule has 0 bridgehead atoms. The first-order chi connectivity index (χ1) is 67.6. The van der Waals surface area contributed by atoms with E-state index in [0.717, 1.165) is 79.1 Å². The maximum absolute atomic E-state index is 13.9. The fourth-order valence-electron chi connectivity index (χ4n) is 12.3. The lowest BCUT2D eigenvalue weighted by Gasteiger charge is -2.36. The summed E-state index contributed by atoms with van der Waals surface area (Å²) in [6, 6.07) is 37.8. The van der Waals surface area contributed by atoms with Gasteiger partial charge >= 0.3 is 24.3 Å². The molecule has 8 aromatic carbocycles. The smallest absolute Gasteiger partial charge is 0.481 e. The summed E-state index contributed by atoms with van der Waals surface area (Å²) in [6.45, 7) is 47.4. The fourth-order valence-corrected chi connectivity index (χ4v) is 14.0. The molecule has 2 aliphatic rings. The molecule has 147 heavy (non-hydrogen) atoms. The van der Waals surface area contributed by atoms with E-state index in [2.05, 4.69) is 110 Å². The molecule has 10 rings (SSSR count). The Balaban J connectivity index is -0.000000773. The number of hydrogen-bond acceptors (Lipinski definition) is 17. The van der Waals surface area contributed by atoms with Crippen molar-refractivity contribution in [2.45, 2.75) is 208 Å². The highest BCUT2D eigenvalue weighted by atomic mass is 79.9. The van der Waals surface area contributed by atoms with Crippen LogP contribution in [0.1, 0.15) is 213 Å². The van der Waals surface area contributed by atoms with Crippen LogP contribution in [0.3, 0.4) is 0 Å². The number of benzene rings is 8. The molecule has 2 aliphatic heterocycles. The topological polar surface area (TPSA) is 271 Å². The number of ketones is 1. The number of nitrogens with two attached hydrogens (primary N) is 1. The summed E-state index contributed by atoms with van der Waals surface area (Å²) in [5.74, 6) is -12.6. The predicted octanol–water partition coefficient (Wildman–Crippen LogP) is 27.6. The summed E-state index contributed by atoms with van der Waals surface area (Å²) in [6.07, 6.45) is -2.17. The second kappa shape index (κ2) is 75.8. The Morgan fingerprint density at radius 2 is 0.905 bits per heavy atom. The van der Waals surface area contributed by atoms with Crippen molar-refractivity contribution in [3.63, 3.8) is 0 Å². The van der Waals surface area contributed by atoms with Gasteiger partial charge in [0, 0.05) is 194 Å². The molecule has 0 aliphatic carbocycles. The van der Waals surface area contributed by atoms with Crippen molar-refractivity contribution < 1.29 is 110 Å². The first-order valence-corrected chi connectivity index (χ1v) is 55.9. The molecule has 8 aromatic rings. The zero-order valence-corrected chi connectivity index (χ0v) is 95.1. The second-order valence-electron chi connectivity index (χ2n) is 36.3. The number of nitriles is 2. The number of rotatable bonds is 24. The van der Waals surface area contributed by atoms with E-state index >= 15 is 0 Å². The highest BCUT2D eigenvalue weighted by molar-refractivity contribution is 9.09. The standard InChI is InChI=1S/C15H20F2N2O.C15H18F2N2.C15H19F2NO2.C12H17F2NO.C10H15N.C8H7ClF2O.C8H5ClF2O.C6H4F2.C4H10ClO3P.C4H11N.C3H4BrN.C2H2Cl2O.Al.B.3ClH/c1-15(2,3)19(8-4-7-18)10-14(20)12-6-5-11(16)9-13(12)17;1-15(2,3)19-8-12(14(9-19)18-4)11-6-5-10(16)7-13(11)17;1-15(2,3)18-7-11(12(8-18)14(19)20)10-5-4-9(16)6-13(10)17;1-12(2,3)15-7-11(16)9-5-4-8(13)6-10(9)14;1-3-11(4-2)10-8-6-5-7-9-10;2*9-4-8(12)6-2-1-5(10)3-7(6)11;7-5-2-1-3-6(8)4-5;1-3-7-9(5,6)8-4-2;1-4(2,3)5;4-2-1-3-5;3-1-2(4)5;;;;;/h5-6,9,14,20H,4,8,10H2,1-3H3;5-7,12,14H,8-9H2,1-3H3;4-6,11-12H,7-8H2,1-3H3,(H,19,20);4-6,11,15-16H,7H2,1-3H3;5-9H,3-4H2,1-2H3;1-3,8,12H,4H2;1-3H,4H2;1-4H;3-4H2,1-2H3;5H2,1-3H3;1-2H2;1H2;;;3*1H/q;;;;;;;;;;;;+3;;;;/p-3/t14-;12-,14?;11-,12+;11-;;8-;;;;;;;;;;;/m1001.1.........../s1. The van der Waals surface area contributed by atoms with Crippen LogP contribution in [0.2, 0.25) is 0 Å². The molecule has 3 radical (unpaired) electrons. The highest BCUT2D eigenvalue weighted by Gasteiger charge is 2.45. The number of Topliss-reactive ketones (excluding diaryl/α,β-unsaturated/α-hetero) is 1. The summed E-state index contributed by atoms with van der Waals surface area (Å²) in [5.41, 5.74) is 6.79. The van der Waals surface area contributed by atoms with Crippen LogP contribution in [0.4, 0.5) is 67.2 Å². The molecule has 2 fully saturated rings. The van der Waals surface area contributed by atoms with Crippen molar-refractivity contribution in [3.05, 3.63) is 290 Å². The number of β-amino-alcohol motifs (C(OH)–C–C–N with tert-alkyl or cyclic N) is 2. The molecule has 0 saturated carbocycles. The summed E-state index contributed by atoms with van der Waals surface area (Å²) in [7, 11) is 14.8. The fraction of sp³-hybridized carbons (Fsp3) is 0.471. The maximum atomic E-state index is 13.9.